The molecule has 0 radical (unpaired) electrons. The van der Waals surface area contributed by atoms with Gasteiger partial charge in [0.2, 0.25) is 0 Å². The molecule has 4 heteroatoms. The predicted octanol–water partition coefficient (Wildman–Crippen LogP) is 4.29. The van der Waals surface area contributed by atoms with E-state index >= 15 is 0 Å². The fourth-order valence-electron chi connectivity index (χ4n) is 3.72. The van der Waals surface area contributed by atoms with Gasteiger partial charge in [0.15, 0.2) is 0 Å². The first-order chi connectivity index (χ1) is 12.3. The summed E-state index contributed by atoms with van der Waals surface area (Å²) in [4.78, 5) is 7.33. The van der Waals surface area contributed by atoms with Gasteiger partial charge in [0.05, 0.1) is 23.3 Å². The maximum absolute atomic E-state index is 5.97. The molecule has 0 bridgehead atoms. The van der Waals surface area contributed by atoms with Gasteiger partial charge in [0.1, 0.15) is 5.75 Å². The molecule has 1 fully saturated rings. The molecule has 4 nitrogen and oxygen atoms in total. The number of para-hydroxylation sites is 1. The standard InChI is InChI=1S/C21H25N3O/c1-22-21-17-7-2-3-8-19(17)23-20-15-16(9-10-18(20)21)25-14-6-13-24-11-4-5-12-24/h2-3,7-10,15H,4-6,11-14H2,1H3,(H,22,23). The Morgan fingerprint density at radius 3 is 2.68 bits per heavy atom. The highest BCUT2D eigenvalue weighted by Crippen LogP contribution is 2.32. The molecule has 4 rings (SSSR count). The molecule has 1 aliphatic rings. The second kappa shape index (κ2) is 7.28. The van der Waals surface area contributed by atoms with E-state index in [4.69, 9.17) is 9.72 Å². The number of rotatable bonds is 6. The van der Waals surface area contributed by atoms with Crippen molar-refractivity contribution >= 4 is 27.5 Å². The van der Waals surface area contributed by atoms with Crippen LogP contribution in [0.25, 0.3) is 21.8 Å². The van der Waals surface area contributed by atoms with Crippen molar-refractivity contribution in [1.82, 2.24) is 9.88 Å². The van der Waals surface area contributed by atoms with Gasteiger partial charge in [-0.3, -0.25) is 0 Å². The third-order valence-corrected chi connectivity index (χ3v) is 4.99. The first kappa shape index (κ1) is 16.2. The van der Waals surface area contributed by atoms with Crippen molar-refractivity contribution in [1.29, 1.82) is 0 Å². The van der Waals surface area contributed by atoms with Crippen molar-refractivity contribution in [2.45, 2.75) is 19.3 Å². The number of nitrogens with one attached hydrogen (secondary N) is 1. The van der Waals surface area contributed by atoms with E-state index in [9.17, 15) is 0 Å². The fraction of sp³-hybridized carbons (Fsp3) is 0.381. The van der Waals surface area contributed by atoms with E-state index in [0.29, 0.717) is 0 Å². The molecular formula is C21H25N3O. The van der Waals surface area contributed by atoms with Crippen LogP contribution in [-0.4, -0.2) is 43.2 Å². The van der Waals surface area contributed by atoms with Crippen LogP contribution in [0, 0.1) is 0 Å². The van der Waals surface area contributed by atoms with Crippen LogP contribution in [0.1, 0.15) is 19.3 Å². The zero-order valence-electron chi connectivity index (χ0n) is 14.8. The van der Waals surface area contributed by atoms with E-state index in [1.807, 2.05) is 13.1 Å². The molecule has 0 unspecified atom stereocenters. The fourth-order valence-corrected chi connectivity index (χ4v) is 3.72. The molecule has 0 atom stereocenters. The SMILES string of the molecule is CNc1c2ccccc2nc2cc(OCCCN3CCCC3)ccc12. The highest BCUT2D eigenvalue weighted by Gasteiger charge is 2.11. The lowest BCUT2D eigenvalue weighted by Crippen LogP contribution is -2.21. The van der Waals surface area contributed by atoms with E-state index in [1.54, 1.807) is 0 Å². The first-order valence-corrected chi connectivity index (χ1v) is 9.20. The Morgan fingerprint density at radius 2 is 1.84 bits per heavy atom. The second-order valence-electron chi connectivity index (χ2n) is 6.68. The van der Waals surface area contributed by atoms with Gasteiger partial charge in [-0.05, 0) is 50.6 Å². The number of aromatic nitrogens is 1. The predicted molar refractivity (Wildman–Crippen MR) is 105 cm³/mol. The number of likely N-dealkylation sites (tertiary alicyclic amines) is 1. The maximum Gasteiger partial charge on any atom is 0.121 e. The summed E-state index contributed by atoms with van der Waals surface area (Å²) in [5.41, 5.74) is 3.10. The van der Waals surface area contributed by atoms with Gasteiger partial charge >= 0.3 is 0 Å². The summed E-state index contributed by atoms with van der Waals surface area (Å²) in [6, 6.07) is 14.5. The molecule has 3 aromatic rings. The lowest BCUT2D eigenvalue weighted by Gasteiger charge is -2.15. The average Bonchev–Trinajstić information content (AvgIpc) is 3.16. The molecule has 2 heterocycles. The minimum atomic E-state index is 0.758. The largest absolute Gasteiger partial charge is 0.493 e. The van der Waals surface area contributed by atoms with Crippen LogP contribution in [-0.2, 0) is 0 Å². The lowest BCUT2D eigenvalue weighted by molar-refractivity contribution is 0.263. The monoisotopic (exact) mass is 335 g/mol. The molecular weight excluding hydrogens is 310 g/mol. The number of benzene rings is 2. The van der Waals surface area contributed by atoms with E-state index < -0.39 is 0 Å². The summed E-state index contributed by atoms with van der Waals surface area (Å²) >= 11 is 0. The van der Waals surface area contributed by atoms with Crippen LogP contribution >= 0.6 is 0 Å². The van der Waals surface area contributed by atoms with Gasteiger partial charge in [-0.2, -0.15) is 0 Å². The van der Waals surface area contributed by atoms with Crippen molar-refractivity contribution < 1.29 is 4.74 Å². The molecule has 0 aliphatic carbocycles. The van der Waals surface area contributed by atoms with Crippen LogP contribution in [0.5, 0.6) is 5.75 Å². The summed E-state index contributed by atoms with van der Waals surface area (Å²) in [5.74, 6) is 0.902. The van der Waals surface area contributed by atoms with Crippen molar-refractivity contribution in [3.8, 4) is 5.75 Å². The summed E-state index contributed by atoms with van der Waals surface area (Å²) in [6.07, 6.45) is 3.77. The zero-order valence-corrected chi connectivity index (χ0v) is 14.8. The minimum Gasteiger partial charge on any atom is -0.493 e. The van der Waals surface area contributed by atoms with Crippen molar-refractivity contribution in [3.05, 3.63) is 42.5 Å². The molecule has 1 aromatic heterocycles. The quantitative estimate of drug-likeness (QED) is 0.538. The normalized spacial score (nSPS) is 15.1. The van der Waals surface area contributed by atoms with Gasteiger partial charge in [-0.1, -0.05) is 18.2 Å². The Kier molecular flexibility index (Phi) is 4.70. The van der Waals surface area contributed by atoms with Gasteiger partial charge in [0.25, 0.3) is 0 Å². The molecule has 0 amide bonds. The van der Waals surface area contributed by atoms with Gasteiger partial charge in [-0.25, -0.2) is 4.98 Å². The van der Waals surface area contributed by atoms with Crippen LogP contribution < -0.4 is 10.1 Å². The van der Waals surface area contributed by atoms with Gasteiger partial charge in [-0.15, -0.1) is 0 Å². The average molecular weight is 335 g/mol. The van der Waals surface area contributed by atoms with E-state index in [0.717, 1.165) is 52.8 Å². The third-order valence-electron chi connectivity index (χ3n) is 4.99. The zero-order chi connectivity index (χ0) is 17.1. The van der Waals surface area contributed by atoms with E-state index in [1.165, 1.54) is 25.9 Å². The van der Waals surface area contributed by atoms with Crippen LogP contribution in [0.3, 0.4) is 0 Å². The smallest absolute Gasteiger partial charge is 0.121 e. The Hall–Kier alpha value is -2.33. The van der Waals surface area contributed by atoms with Crippen LogP contribution in [0.15, 0.2) is 42.5 Å². The Bertz CT molecular complexity index is 872. The van der Waals surface area contributed by atoms with Gasteiger partial charge in [0, 0.05) is 30.4 Å². The number of fused-ring (bicyclic) bond motifs is 2. The number of hydrogen-bond acceptors (Lipinski definition) is 4. The van der Waals surface area contributed by atoms with Crippen molar-refractivity contribution in [2.75, 3.05) is 38.6 Å². The van der Waals surface area contributed by atoms with Crippen LogP contribution in [0.2, 0.25) is 0 Å². The Labute approximate surface area is 148 Å². The molecule has 25 heavy (non-hydrogen) atoms. The number of hydrogen-bond donors (Lipinski definition) is 1. The number of anilines is 1. The molecule has 2 aromatic carbocycles. The maximum atomic E-state index is 5.97. The van der Waals surface area contributed by atoms with E-state index in [-0.39, 0.29) is 0 Å². The summed E-state index contributed by atoms with van der Waals surface area (Å²) < 4.78 is 5.97. The molecule has 0 spiro atoms. The molecule has 1 aliphatic heterocycles. The van der Waals surface area contributed by atoms with Crippen molar-refractivity contribution in [2.24, 2.45) is 0 Å². The lowest BCUT2D eigenvalue weighted by atomic mass is 10.1. The number of nitrogens with zero attached hydrogens (tertiary/aromatic N) is 2. The van der Waals surface area contributed by atoms with E-state index in [2.05, 4.69) is 46.6 Å². The summed E-state index contributed by atoms with van der Waals surface area (Å²) in [5, 5.41) is 5.61. The topological polar surface area (TPSA) is 37.4 Å². The van der Waals surface area contributed by atoms with Gasteiger partial charge < -0.3 is 15.0 Å². The molecule has 130 valence electrons. The number of ether oxygens (including phenoxy) is 1. The summed E-state index contributed by atoms with van der Waals surface area (Å²) in [6.45, 7) is 4.40. The number of pyridine rings is 1. The third kappa shape index (κ3) is 3.40. The van der Waals surface area contributed by atoms with Crippen LogP contribution in [0.4, 0.5) is 5.69 Å². The first-order valence-electron chi connectivity index (χ1n) is 9.20. The summed E-state index contributed by atoms with van der Waals surface area (Å²) in [7, 11) is 1.96. The van der Waals surface area contributed by atoms with Crippen molar-refractivity contribution in [3.63, 3.8) is 0 Å². The Balaban J connectivity index is 1.52. The molecule has 0 saturated carbocycles. The Morgan fingerprint density at radius 1 is 1.04 bits per heavy atom. The second-order valence-corrected chi connectivity index (χ2v) is 6.68. The highest BCUT2D eigenvalue weighted by molar-refractivity contribution is 6.07. The molecule has 1 N–H and O–H groups in total. The highest BCUT2D eigenvalue weighted by atomic mass is 16.5. The minimum absolute atomic E-state index is 0.758. The molecule has 1 saturated heterocycles.